The van der Waals surface area contributed by atoms with E-state index in [0.717, 1.165) is 12.1 Å². The lowest BCUT2D eigenvalue weighted by atomic mass is 10.1. The van der Waals surface area contributed by atoms with Crippen LogP contribution in [0, 0.1) is 0 Å². The monoisotopic (exact) mass is 264 g/mol. The average Bonchev–Trinajstić information content (AvgIpc) is 2.40. The summed E-state index contributed by atoms with van der Waals surface area (Å²) in [6, 6.07) is 7.07. The van der Waals surface area contributed by atoms with Crippen LogP contribution in [0.4, 0.5) is 0 Å². The second-order valence-corrected chi connectivity index (χ2v) is 4.85. The van der Waals surface area contributed by atoms with Gasteiger partial charge in [-0.15, -0.1) is 0 Å². The first-order chi connectivity index (χ1) is 9.15. The molecule has 0 aromatic heterocycles. The molecule has 2 rings (SSSR count). The quantitative estimate of drug-likeness (QED) is 0.841. The maximum Gasteiger partial charge on any atom is 0.224 e. The van der Waals surface area contributed by atoms with Gasteiger partial charge in [0.2, 0.25) is 5.91 Å². The molecule has 5 nitrogen and oxygen atoms in total. The molecule has 0 aliphatic carbocycles. The van der Waals surface area contributed by atoms with Gasteiger partial charge in [0.25, 0.3) is 0 Å². The molecule has 1 heterocycles. The van der Waals surface area contributed by atoms with Crippen LogP contribution in [0.2, 0.25) is 0 Å². The number of morpholine rings is 1. The zero-order valence-corrected chi connectivity index (χ0v) is 11.1. The van der Waals surface area contributed by atoms with Crippen LogP contribution < -0.4 is 5.32 Å². The number of hydrogen-bond donors (Lipinski definition) is 2. The molecule has 0 saturated carbocycles. The van der Waals surface area contributed by atoms with Crippen molar-refractivity contribution >= 4 is 5.91 Å². The second kappa shape index (κ2) is 6.54. The van der Waals surface area contributed by atoms with E-state index in [2.05, 4.69) is 5.32 Å². The number of phenolic OH excluding ortho intramolecular Hbond substituents is 1. The van der Waals surface area contributed by atoms with Crippen LogP contribution in [-0.2, 0) is 16.1 Å². The fourth-order valence-corrected chi connectivity index (χ4v) is 2.13. The van der Waals surface area contributed by atoms with E-state index in [1.807, 2.05) is 6.07 Å². The number of ether oxygens (including phenoxy) is 1. The number of amides is 1. The molecule has 1 aromatic carbocycles. The second-order valence-electron chi connectivity index (χ2n) is 4.85. The number of carbonyl (C=O) groups is 1. The van der Waals surface area contributed by atoms with Crippen LogP contribution in [0.1, 0.15) is 12.0 Å². The third-order valence-corrected chi connectivity index (χ3v) is 3.18. The fraction of sp³-hybridized carbons (Fsp3) is 0.500. The van der Waals surface area contributed by atoms with Crippen molar-refractivity contribution in [3.8, 4) is 5.75 Å². The molecule has 0 spiro atoms. The third-order valence-electron chi connectivity index (χ3n) is 3.18. The van der Waals surface area contributed by atoms with E-state index in [4.69, 9.17) is 4.74 Å². The van der Waals surface area contributed by atoms with Crippen LogP contribution in [0.5, 0.6) is 5.75 Å². The van der Waals surface area contributed by atoms with E-state index in [1.54, 1.807) is 30.1 Å². The van der Waals surface area contributed by atoms with E-state index >= 15 is 0 Å². The number of phenols is 1. The Morgan fingerprint density at radius 3 is 3.11 bits per heavy atom. The molecule has 1 amide bonds. The predicted molar refractivity (Wildman–Crippen MR) is 71.8 cm³/mol. The van der Waals surface area contributed by atoms with Gasteiger partial charge in [-0.05, 0) is 17.7 Å². The van der Waals surface area contributed by atoms with E-state index in [1.165, 1.54) is 0 Å². The summed E-state index contributed by atoms with van der Waals surface area (Å²) in [5.74, 6) is 0.298. The molecule has 0 bridgehead atoms. The van der Waals surface area contributed by atoms with Gasteiger partial charge >= 0.3 is 0 Å². The van der Waals surface area contributed by atoms with E-state index in [0.29, 0.717) is 26.2 Å². The number of rotatable bonds is 4. The number of carbonyl (C=O) groups excluding carboxylic acids is 1. The van der Waals surface area contributed by atoms with Crippen molar-refractivity contribution in [3.63, 3.8) is 0 Å². The molecule has 1 fully saturated rings. The molecular weight excluding hydrogens is 244 g/mol. The molecule has 1 aromatic rings. The Morgan fingerprint density at radius 2 is 2.42 bits per heavy atom. The normalized spacial score (nSPS) is 19.1. The van der Waals surface area contributed by atoms with Gasteiger partial charge in [-0.25, -0.2) is 0 Å². The Kier molecular flexibility index (Phi) is 4.76. The Labute approximate surface area is 113 Å². The maximum atomic E-state index is 12.1. The summed E-state index contributed by atoms with van der Waals surface area (Å²) in [5, 5.41) is 12.7. The van der Waals surface area contributed by atoms with Crippen LogP contribution in [0.15, 0.2) is 24.3 Å². The minimum Gasteiger partial charge on any atom is -0.508 e. The van der Waals surface area contributed by atoms with Crippen LogP contribution in [0.3, 0.4) is 0 Å². The smallest absolute Gasteiger partial charge is 0.224 e. The Bertz CT molecular complexity index is 430. The molecule has 5 heteroatoms. The van der Waals surface area contributed by atoms with Gasteiger partial charge in [0.15, 0.2) is 0 Å². The molecule has 1 atom stereocenters. The Balaban J connectivity index is 1.84. The number of nitrogens with zero attached hydrogens (tertiary/aromatic N) is 1. The summed E-state index contributed by atoms with van der Waals surface area (Å²) in [6.45, 7) is 2.60. The predicted octanol–water partition coefficient (Wildman–Crippen LogP) is 0.729. The van der Waals surface area contributed by atoms with Gasteiger partial charge in [-0.2, -0.15) is 0 Å². The molecule has 19 heavy (non-hydrogen) atoms. The van der Waals surface area contributed by atoms with E-state index in [-0.39, 0.29) is 17.7 Å². The van der Waals surface area contributed by atoms with Crippen molar-refractivity contribution in [1.82, 2.24) is 10.2 Å². The maximum absolute atomic E-state index is 12.1. The highest BCUT2D eigenvalue weighted by atomic mass is 16.5. The minimum atomic E-state index is 0.0753. The summed E-state index contributed by atoms with van der Waals surface area (Å²) in [4.78, 5) is 13.7. The lowest BCUT2D eigenvalue weighted by molar-refractivity contribution is -0.131. The number of nitrogens with one attached hydrogen (secondary N) is 1. The molecule has 1 aliphatic rings. The van der Waals surface area contributed by atoms with Crippen LogP contribution >= 0.6 is 0 Å². The highest BCUT2D eigenvalue weighted by Crippen LogP contribution is 2.13. The molecule has 1 saturated heterocycles. The van der Waals surface area contributed by atoms with Crippen molar-refractivity contribution in [2.24, 2.45) is 0 Å². The summed E-state index contributed by atoms with van der Waals surface area (Å²) >= 11 is 0. The van der Waals surface area contributed by atoms with Gasteiger partial charge in [-0.1, -0.05) is 12.1 Å². The van der Waals surface area contributed by atoms with Crippen LogP contribution in [-0.4, -0.2) is 48.8 Å². The largest absolute Gasteiger partial charge is 0.508 e. The van der Waals surface area contributed by atoms with Crippen molar-refractivity contribution in [1.29, 1.82) is 0 Å². The topological polar surface area (TPSA) is 61.8 Å². The van der Waals surface area contributed by atoms with E-state index < -0.39 is 0 Å². The summed E-state index contributed by atoms with van der Waals surface area (Å²) < 4.78 is 5.33. The van der Waals surface area contributed by atoms with Crippen molar-refractivity contribution in [2.45, 2.75) is 19.0 Å². The highest BCUT2D eigenvalue weighted by Gasteiger charge is 2.19. The van der Waals surface area contributed by atoms with Gasteiger partial charge in [0.05, 0.1) is 13.2 Å². The zero-order chi connectivity index (χ0) is 13.7. The summed E-state index contributed by atoms with van der Waals surface area (Å²) in [6.07, 6.45) is 0.440. The minimum absolute atomic E-state index is 0.0753. The third kappa shape index (κ3) is 4.22. The van der Waals surface area contributed by atoms with Crippen molar-refractivity contribution < 1.29 is 14.6 Å². The first-order valence-electron chi connectivity index (χ1n) is 6.48. The molecule has 0 radical (unpaired) electrons. The first-order valence-corrected chi connectivity index (χ1v) is 6.48. The lowest BCUT2D eigenvalue weighted by Crippen LogP contribution is -2.44. The summed E-state index contributed by atoms with van der Waals surface area (Å²) in [5.41, 5.74) is 0.920. The zero-order valence-electron chi connectivity index (χ0n) is 11.1. The fourth-order valence-electron chi connectivity index (χ4n) is 2.13. The van der Waals surface area contributed by atoms with E-state index in [9.17, 15) is 9.90 Å². The van der Waals surface area contributed by atoms with Gasteiger partial charge in [0.1, 0.15) is 5.75 Å². The Morgan fingerprint density at radius 1 is 1.58 bits per heavy atom. The van der Waals surface area contributed by atoms with Crippen molar-refractivity contribution in [3.05, 3.63) is 29.8 Å². The molecule has 1 aliphatic heterocycles. The number of hydrogen-bond acceptors (Lipinski definition) is 4. The lowest BCUT2D eigenvalue weighted by Gasteiger charge is -2.25. The SMILES string of the molecule is CN(Cc1cccc(O)c1)C(=O)CC1COCCN1. The average molecular weight is 264 g/mol. The number of benzene rings is 1. The van der Waals surface area contributed by atoms with Crippen molar-refractivity contribution in [2.75, 3.05) is 26.8 Å². The molecule has 104 valence electrons. The standard InChI is InChI=1S/C14H20N2O3/c1-16(9-11-3-2-4-13(17)7-11)14(18)8-12-10-19-6-5-15-12/h2-4,7,12,15,17H,5-6,8-10H2,1H3. The van der Waals surface area contributed by atoms with Gasteiger partial charge in [0, 0.05) is 32.6 Å². The van der Waals surface area contributed by atoms with Gasteiger partial charge < -0.3 is 20.1 Å². The highest BCUT2D eigenvalue weighted by molar-refractivity contribution is 5.76. The Hall–Kier alpha value is -1.59. The molecule has 1 unspecified atom stereocenters. The van der Waals surface area contributed by atoms with Gasteiger partial charge in [-0.3, -0.25) is 4.79 Å². The summed E-state index contributed by atoms with van der Waals surface area (Å²) in [7, 11) is 1.77. The van der Waals surface area contributed by atoms with Crippen LogP contribution in [0.25, 0.3) is 0 Å². The molecule has 2 N–H and O–H groups in total. The first kappa shape index (κ1) is 13.8. The number of aromatic hydroxyl groups is 1. The molecular formula is C14H20N2O3.